The van der Waals surface area contributed by atoms with E-state index >= 15 is 0 Å². The van der Waals surface area contributed by atoms with E-state index in [1.165, 1.54) is 6.07 Å². The summed E-state index contributed by atoms with van der Waals surface area (Å²) in [5.74, 6) is -0.368. The number of nitrogens with one attached hydrogen (secondary N) is 1. The van der Waals surface area contributed by atoms with Gasteiger partial charge in [0.2, 0.25) is 0 Å². The normalized spacial score (nSPS) is 10.8. The summed E-state index contributed by atoms with van der Waals surface area (Å²) in [6, 6.07) is 6.76. The molecule has 0 aliphatic heterocycles. The van der Waals surface area contributed by atoms with Crippen molar-refractivity contribution in [3.63, 3.8) is 0 Å². The van der Waals surface area contributed by atoms with Crippen LogP contribution in [0.2, 0.25) is 5.02 Å². The molecule has 18 heavy (non-hydrogen) atoms. The number of benzene rings is 1. The molecule has 0 unspecified atom stereocenters. The number of nitrogens with zero attached hydrogens (tertiary/aromatic N) is 2. The van der Waals surface area contributed by atoms with E-state index in [9.17, 15) is 4.39 Å². The van der Waals surface area contributed by atoms with Crippen molar-refractivity contribution < 1.29 is 4.39 Å². The third-order valence-corrected chi connectivity index (χ3v) is 3.07. The SMILES string of the molecule is Fc1cccc(CNCCCn2cccn2)c1Cl. The maximum absolute atomic E-state index is 13.2. The lowest BCUT2D eigenvalue weighted by atomic mass is 10.2. The second-order valence-corrected chi connectivity index (χ2v) is 4.39. The molecule has 0 fully saturated rings. The van der Waals surface area contributed by atoms with Crippen molar-refractivity contribution in [2.75, 3.05) is 6.54 Å². The van der Waals surface area contributed by atoms with E-state index in [2.05, 4.69) is 10.4 Å². The van der Waals surface area contributed by atoms with Gasteiger partial charge in [-0.3, -0.25) is 4.68 Å². The molecule has 3 nitrogen and oxygen atoms in total. The van der Waals surface area contributed by atoms with Crippen LogP contribution in [0.15, 0.2) is 36.7 Å². The smallest absolute Gasteiger partial charge is 0.142 e. The van der Waals surface area contributed by atoms with Crippen molar-refractivity contribution in [1.29, 1.82) is 0 Å². The predicted octanol–water partition coefficient (Wildman–Crippen LogP) is 2.86. The molecule has 0 atom stereocenters. The average molecular weight is 268 g/mol. The molecule has 1 aromatic carbocycles. The van der Waals surface area contributed by atoms with E-state index in [1.807, 2.05) is 23.0 Å². The minimum atomic E-state index is -0.368. The molecule has 0 aliphatic carbocycles. The summed E-state index contributed by atoms with van der Waals surface area (Å²) < 4.78 is 15.1. The summed E-state index contributed by atoms with van der Waals surface area (Å²) >= 11 is 5.86. The summed E-state index contributed by atoms with van der Waals surface area (Å²) in [4.78, 5) is 0. The first kappa shape index (κ1) is 13.1. The Morgan fingerprint density at radius 3 is 3.00 bits per heavy atom. The average Bonchev–Trinajstić information content (AvgIpc) is 2.87. The Morgan fingerprint density at radius 2 is 2.22 bits per heavy atom. The first-order valence-corrected chi connectivity index (χ1v) is 6.26. The van der Waals surface area contributed by atoms with Gasteiger partial charge in [0.15, 0.2) is 0 Å². The van der Waals surface area contributed by atoms with E-state index in [0.29, 0.717) is 6.54 Å². The molecule has 2 aromatic rings. The molecule has 0 saturated carbocycles. The van der Waals surface area contributed by atoms with Crippen LogP contribution in [0.5, 0.6) is 0 Å². The van der Waals surface area contributed by atoms with Crippen LogP contribution in [0.25, 0.3) is 0 Å². The molecule has 1 N–H and O–H groups in total. The molecule has 2 rings (SSSR count). The number of aromatic nitrogens is 2. The van der Waals surface area contributed by atoms with Crippen molar-refractivity contribution in [3.05, 3.63) is 53.1 Å². The maximum atomic E-state index is 13.2. The highest BCUT2D eigenvalue weighted by Gasteiger charge is 2.04. The number of hydrogen-bond donors (Lipinski definition) is 1. The second-order valence-electron chi connectivity index (χ2n) is 4.01. The largest absolute Gasteiger partial charge is 0.313 e. The van der Waals surface area contributed by atoms with Crippen LogP contribution in [0, 0.1) is 5.82 Å². The van der Waals surface area contributed by atoms with Crippen molar-refractivity contribution in [1.82, 2.24) is 15.1 Å². The fourth-order valence-corrected chi connectivity index (χ4v) is 1.90. The van der Waals surface area contributed by atoms with Crippen molar-refractivity contribution in [3.8, 4) is 0 Å². The molecule has 0 bridgehead atoms. The van der Waals surface area contributed by atoms with Gasteiger partial charge in [0, 0.05) is 25.5 Å². The number of rotatable bonds is 6. The van der Waals surface area contributed by atoms with Gasteiger partial charge >= 0.3 is 0 Å². The first-order chi connectivity index (χ1) is 8.77. The molecule has 0 saturated heterocycles. The Morgan fingerprint density at radius 1 is 1.33 bits per heavy atom. The van der Waals surface area contributed by atoms with E-state index in [-0.39, 0.29) is 10.8 Å². The summed E-state index contributed by atoms with van der Waals surface area (Å²) in [5, 5.41) is 7.56. The highest BCUT2D eigenvalue weighted by Crippen LogP contribution is 2.19. The Bertz CT molecular complexity index is 485. The highest BCUT2D eigenvalue weighted by atomic mass is 35.5. The Hall–Kier alpha value is -1.39. The van der Waals surface area contributed by atoms with E-state index in [0.717, 1.165) is 25.1 Å². The van der Waals surface area contributed by atoms with Gasteiger partial charge in [-0.05, 0) is 30.7 Å². The Labute approximate surface area is 111 Å². The Balaban J connectivity index is 1.70. The second kappa shape index (κ2) is 6.52. The van der Waals surface area contributed by atoms with Crippen LogP contribution in [-0.4, -0.2) is 16.3 Å². The Kier molecular flexibility index (Phi) is 4.73. The molecule has 0 spiro atoms. The third kappa shape index (κ3) is 3.55. The lowest BCUT2D eigenvalue weighted by molar-refractivity contribution is 0.542. The van der Waals surface area contributed by atoms with Gasteiger partial charge in [-0.15, -0.1) is 0 Å². The van der Waals surface area contributed by atoms with Crippen LogP contribution >= 0.6 is 11.6 Å². The van der Waals surface area contributed by atoms with Gasteiger partial charge in [0.25, 0.3) is 0 Å². The fraction of sp³-hybridized carbons (Fsp3) is 0.308. The zero-order valence-electron chi connectivity index (χ0n) is 9.94. The molecule has 1 aromatic heterocycles. The standard InChI is InChI=1S/C13H15ClFN3/c14-13-11(4-1-5-12(13)15)10-16-6-2-8-18-9-3-7-17-18/h1,3-5,7,9,16H,2,6,8,10H2. The lowest BCUT2D eigenvalue weighted by Crippen LogP contribution is -2.17. The van der Waals surface area contributed by atoms with Crippen molar-refractivity contribution >= 4 is 11.6 Å². The third-order valence-electron chi connectivity index (χ3n) is 2.65. The number of aryl methyl sites for hydroxylation is 1. The fourth-order valence-electron chi connectivity index (χ4n) is 1.71. The molecule has 1 heterocycles. The highest BCUT2D eigenvalue weighted by molar-refractivity contribution is 6.31. The molecular weight excluding hydrogens is 253 g/mol. The summed E-state index contributed by atoms with van der Waals surface area (Å²) in [6.07, 6.45) is 4.66. The van der Waals surface area contributed by atoms with Gasteiger partial charge in [-0.25, -0.2) is 4.39 Å². The van der Waals surface area contributed by atoms with Gasteiger partial charge in [-0.2, -0.15) is 5.10 Å². The number of hydrogen-bond acceptors (Lipinski definition) is 2. The zero-order chi connectivity index (χ0) is 12.8. The summed E-state index contributed by atoms with van der Waals surface area (Å²) in [7, 11) is 0. The van der Waals surface area contributed by atoms with Crippen LogP contribution in [0.1, 0.15) is 12.0 Å². The van der Waals surface area contributed by atoms with Gasteiger partial charge in [-0.1, -0.05) is 23.7 Å². The van der Waals surface area contributed by atoms with Crippen LogP contribution in [0.4, 0.5) is 4.39 Å². The molecule has 0 aliphatic rings. The van der Waals surface area contributed by atoms with Crippen LogP contribution in [0.3, 0.4) is 0 Å². The lowest BCUT2D eigenvalue weighted by Gasteiger charge is -2.07. The minimum absolute atomic E-state index is 0.206. The van der Waals surface area contributed by atoms with Gasteiger partial charge in [0.05, 0.1) is 5.02 Å². The van der Waals surface area contributed by atoms with Crippen molar-refractivity contribution in [2.24, 2.45) is 0 Å². The van der Waals surface area contributed by atoms with E-state index < -0.39 is 0 Å². The van der Waals surface area contributed by atoms with Gasteiger partial charge in [0.1, 0.15) is 5.82 Å². The minimum Gasteiger partial charge on any atom is -0.313 e. The molecule has 96 valence electrons. The summed E-state index contributed by atoms with van der Waals surface area (Å²) in [5.41, 5.74) is 0.788. The quantitative estimate of drug-likeness (QED) is 0.816. The molecular formula is C13H15ClFN3. The molecule has 0 amide bonds. The predicted molar refractivity (Wildman–Crippen MR) is 70.0 cm³/mol. The van der Waals surface area contributed by atoms with E-state index in [4.69, 9.17) is 11.6 Å². The molecule has 0 radical (unpaired) electrons. The number of halogens is 2. The topological polar surface area (TPSA) is 29.9 Å². The molecule has 5 heteroatoms. The zero-order valence-corrected chi connectivity index (χ0v) is 10.7. The summed E-state index contributed by atoms with van der Waals surface area (Å²) in [6.45, 7) is 2.29. The van der Waals surface area contributed by atoms with E-state index in [1.54, 1.807) is 12.3 Å². The van der Waals surface area contributed by atoms with Crippen LogP contribution in [-0.2, 0) is 13.1 Å². The first-order valence-electron chi connectivity index (χ1n) is 5.88. The van der Waals surface area contributed by atoms with Gasteiger partial charge < -0.3 is 5.32 Å². The van der Waals surface area contributed by atoms with Crippen molar-refractivity contribution in [2.45, 2.75) is 19.5 Å². The van der Waals surface area contributed by atoms with Crippen LogP contribution < -0.4 is 5.32 Å². The maximum Gasteiger partial charge on any atom is 0.142 e. The monoisotopic (exact) mass is 267 g/mol.